The number of aromatic nitrogens is 2. The van der Waals surface area contributed by atoms with Crippen molar-refractivity contribution in [2.45, 2.75) is 46.5 Å². The molecule has 2 aromatic rings. The molecule has 6 heteroatoms. The Labute approximate surface area is 186 Å². The van der Waals surface area contributed by atoms with Crippen molar-refractivity contribution in [3.63, 3.8) is 0 Å². The molecule has 0 spiro atoms. The zero-order chi connectivity index (χ0) is 22.8. The summed E-state index contributed by atoms with van der Waals surface area (Å²) in [5.41, 5.74) is 3.19. The van der Waals surface area contributed by atoms with Gasteiger partial charge in [-0.2, -0.15) is 5.10 Å². The highest BCUT2D eigenvalue weighted by Gasteiger charge is 2.21. The maximum Gasteiger partial charge on any atom is 0.274 e. The highest BCUT2D eigenvalue weighted by Crippen LogP contribution is 2.31. The lowest BCUT2D eigenvalue weighted by Gasteiger charge is -2.20. The van der Waals surface area contributed by atoms with E-state index in [1.54, 1.807) is 20.3 Å². The van der Waals surface area contributed by atoms with E-state index in [0.717, 1.165) is 55.7 Å². The van der Waals surface area contributed by atoms with E-state index in [2.05, 4.69) is 27.4 Å². The second-order valence-electron chi connectivity index (χ2n) is 7.33. The van der Waals surface area contributed by atoms with Crippen molar-refractivity contribution in [3.05, 3.63) is 59.9 Å². The standard InChI is InChI=1S/C25H35N3O3/c1-7-11-20-18-21(25(29)27(15-9-3)16-10-4)26-28(20)22(12-8-2)19-13-14-23(30-5)24(17-19)31-6/h8,12-14,17-18H,2,7,9-11,15-16H2,1,3-6H3/b22-12-. The summed E-state index contributed by atoms with van der Waals surface area (Å²) in [5.74, 6) is 1.27. The van der Waals surface area contributed by atoms with Gasteiger partial charge in [0.05, 0.1) is 19.9 Å². The zero-order valence-electron chi connectivity index (χ0n) is 19.5. The van der Waals surface area contributed by atoms with Crippen molar-refractivity contribution in [1.82, 2.24) is 14.7 Å². The van der Waals surface area contributed by atoms with Gasteiger partial charge in [-0.3, -0.25) is 4.79 Å². The van der Waals surface area contributed by atoms with Crippen LogP contribution in [0.2, 0.25) is 0 Å². The number of rotatable bonds is 12. The van der Waals surface area contributed by atoms with Crippen molar-refractivity contribution in [2.75, 3.05) is 27.3 Å². The molecule has 0 fully saturated rings. The molecule has 1 aromatic carbocycles. The third-order valence-corrected chi connectivity index (χ3v) is 4.97. The Morgan fingerprint density at radius 2 is 1.74 bits per heavy atom. The van der Waals surface area contributed by atoms with Crippen molar-refractivity contribution in [3.8, 4) is 11.5 Å². The molecule has 1 amide bonds. The van der Waals surface area contributed by atoms with Crippen LogP contribution in [0, 0.1) is 0 Å². The van der Waals surface area contributed by atoms with Crippen LogP contribution < -0.4 is 9.47 Å². The third-order valence-electron chi connectivity index (χ3n) is 4.97. The smallest absolute Gasteiger partial charge is 0.274 e. The number of nitrogens with zero attached hydrogens (tertiary/aromatic N) is 3. The van der Waals surface area contributed by atoms with Crippen LogP contribution in [0.25, 0.3) is 5.70 Å². The van der Waals surface area contributed by atoms with Gasteiger partial charge < -0.3 is 14.4 Å². The Balaban J connectivity index is 2.56. The Morgan fingerprint density at radius 3 is 2.29 bits per heavy atom. The number of ether oxygens (including phenoxy) is 2. The summed E-state index contributed by atoms with van der Waals surface area (Å²) in [6, 6.07) is 7.65. The lowest BCUT2D eigenvalue weighted by Crippen LogP contribution is -2.32. The molecule has 2 rings (SSSR count). The van der Waals surface area contributed by atoms with Crippen LogP contribution in [-0.4, -0.2) is 47.9 Å². The predicted molar refractivity (Wildman–Crippen MR) is 126 cm³/mol. The molecule has 0 radical (unpaired) electrons. The van der Waals surface area contributed by atoms with E-state index in [0.29, 0.717) is 17.2 Å². The molecule has 168 valence electrons. The Kier molecular flexibility index (Phi) is 9.38. The lowest BCUT2D eigenvalue weighted by molar-refractivity contribution is 0.0749. The molecule has 0 bridgehead atoms. The number of aryl methyl sites for hydroxylation is 1. The Hall–Kier alpha value is -3.02. The van der Waals surface area contributed by atoms with E-state index in [4.69, 9.17) is 14.6 Å². The minimum atomic E-state index is -0.0231. The minimum absolute atomic E-state index is 0.0231. The summed E-state index contributed by atoms with van der Waals surface area (Å²) in [6.07, 6.45) is 7.22. The van der Waals surface area contributed by atoms with E-state index in [1.165, 1.54) is 0 Å². The number of methoxy groups -OCH3 is 2. The first-order valence-electron chi connectivity index (χ1n) is 11.0. The van der Waals surface area contributed by atoms with Gasteiger partial charge in [0.15, 0.2) is 17.2 Å². The van der Waals surface area contributed by atoms with Crippen molar-refractivity contribution >= 4 is 11.6 Å². The van der Waals surface area contributed by atoms with E-state index in [-0.39, 0.29) is 5.91 Å². The molecule has 31 heavy (non-hydrogen) atoms. The largest absolute Gasteiger partial charge is 0.493 e. The van der Waals surface area contributed by atoms with Gasteiger partial charge in [0.25, 0.3) is 5.91 Å². The summed E-state index contributed by atoms with van der Waals surface area (Å²) in [4.78, 5) is 15.1. The van der Waals surface area contributed by atoms with Gasteiger partial charge in [0.1, 0.15) is 0 Å². The van der Waals surface area contributed by atoms with Crippen molar-refractivity contribution in [1.29, 1.82) is 0 Å². The Morgan fingerprint density at radius 1 is 1.06 bits per heavy atom. The quantitative estimate of drug-likeness (QED) is 0.439. The monoisotopic (exact) mass is 425 g/mol. The van der Waals surface area contributed by atoms with Gasteiger partial charge in [-0.15, -0.1) is 0 Å². The number of allylic oxidation sites excluding steroid dienone is 2. The fraction of sp³-hybridized carbons (Fsp3) is 0.440. The summed E-state index contributed by atoms with van der Waals surface area (Å²) in [6.45, 7) is 11.6. The molecule has 0 aliphatic rings. The number of carbonyl (C=O) groups is 1. The minimum Gasteiger partial charge on any atom is -0.493 e. The molecular weight excluding hydrogens is 390 g/mol. The van der Waals surface area contributed by atoms with Crippen LogP contribution in [0.1, 0.15) is 61.8 Å². The first kappa shape index (κ1) is 24.3. The molecule has 1 heterocycles. The van der Waals surface area contributed by atoms with E-state index in [9.17, 15) is 4.79 Å². The second-order valence-corrected chi connectivity index (χ2v) is 7.33. The highest BCUT2D eigenvalue weighted by atomic mass is 16.5. The molecule has 0 atom stereocenters. The number of amides is 1. The molecule has 0 N–H and O–H groups in total. The second kappa shape index (κ2) is 12.0. The first-order chi connectivity index (χ1) is 15.0. The van der Waals surface area contributed by atoms with Gasteiger partial charge in [-0.1, -0.05) is 39.8 Å². The van der Waals surface area contributed by atoms with E-state index in [1.807, 2.05) is 39.9 Å². The van der Waals surface area contributed by atoms with Crippen LogP contribution in [0.15, 0.2) is 43.0 Å². The fourth-order valence-corrected chi connectivity index (χ4v) is 3.58. The maximum atomic E-state index is 13.2. The third kappa shape index (κ3) is 5.78. The topological polar surface area (TPSA) is 56.6 Å². The van der Waals surface area contributed by atoms with Crippen LogP contribution in [0.4, 0.5) is 0 Å². The predicted octanol–water partition coefficient (Wildman–Crippen LogP) is 5.19. The summed E-state index contributed by atoms with van der Waals surface area (Å²) in [7, 11) is 3.23. The average Bonchev–Trinajstić information content (AvgIpc) is 3.20. The normalized spacial score (nSPS) is 11.3. The molecule has 0 aliphatic carbocycles. The van der Waals surface area contributed by atoms with Crippen molar-refractivity contribution in [2.24, 2.45) is 0 Å². The summed E-state index contributed by atoms with van der Waals surface area (Å²) in [5, 5.41) is 4.74. The lowest BCUT2D eigenvalue weighted by atomic mass is 10.1. The zero-order valence-corrected chi connectivity index (χ0v) is 19.5. The molecular formula is C25H35N3O3. The van der Waals surface area contributed by atoms with Gasteiger partial charge in [0, 0.05) is 24.3 Å². The van der Waals surface area contributed by atoms with Crippen LogP contribution in [-0.2, 0) is 6.42 Å². The first-order valence-corrected chi connectivity index (χ1v) is 11.0. The molecule has 1 aromatic heterocycles. The molecule has 0 saturated heterocycles. The van der Waals surface area contributed by atoms with Crippen LogP contribution >= 0.6 is 0 Å². The number of hydrogen-bond donors (Lipinski definition) is 0. The van der Waals surface area contributed by atoms with Gasteiger partial charge in [-0.05, 0) is 49.6 Å². The molecule has 0 saturated carbocycles. The van der Waals surface area contributed by atoms with Gasteiger partial charge in [0.2, 0.25) is 0 Å². The highest BCUT2D eigenvalue weighted by molar-refractivity contribution is 5.92. The molecule has 0 aliphatic heterocycles. The number of carbonyl (C=O) groups excluding carboxylic acids is 1. The molecule has 6 nitrogen and oxygen atoms in total. The Bertz CT molecular complexity index is 909. The van der Waals surface area contributed by atoms with Crippen molar-refractivity contribution < 1.29 is 14.3 Å². The van der Waals surface area contributed by atoms with Gasteiger partial charge in [-0.25, -0.2) is 4.68 Å². The maximum absolute atomic E-state index is 13.2. The average molecular weight is 426 g/mol. The van der Waals surface area contributed by atoms with Gasteiger partial charge >= 0.3 is 0 Å². The summed E-state index contributed by atoms with van der Waals surface area (Å²) >= 11 is 0. The fourth-order valence-electron chi connectivity index (χ4n) is 3.58. The number of hydrogen-bond acceptors (Lipinski definition) is 4. The molecule has 0 unspecified atom stereocenters. The SMILES string of the molecule is C=C/C=C(/c1ccc(OC)c(OC)c1)n1nc(C(=O)N(CCC)CCC)cc1CCC. The number of benzene rings is 1. The van der Waals surface area contributed by atoms with Crippen LogP contribution in [0.5, 0.6) is 11.5 Å². The summed E-state index contributed by atoms with van der Waals surface area (Å²) < 4.78 is 12.7. The van der Waals surface area contributed by atoms with E-state index < -0.39 is 0 Å². The van der Waals surface area contributed by atoms with Crippen LogP contribution in [0.3, 0.4) is 0 Å². The van der Waals surface area contributed by atoms with E-state index >= 15 is 0 Å².